The Bertz CT molecular complexity index is 666. The first kappa shape index (κ1) is 20.6. The van der Waals surface area contributed by atoms with Crippen molar-refractivity contribution in [2.45, 2.75) is 64.8 Å². The van der Waals surface area contributed by atoms with E-state index in [4.69, 9.17) is 4.74 Å². The lowest BCUT2D eigenvalue weighted by Gasteiger charge is -2.41. The van der Waals surface area contributed by atoms with Crippen LogP contribution in [0.1, 0.15) is 45.6 Å². The zero-order valence-electron chi connectivity index (χ0n) is 17.3. The van der Waals surface area contributed by atoms with Gasteiger partial charge in [-0.1, -0.05) is 37.3 Å². The molecule has 2 amide bonds. The molecule has 3 atom stereocenters. The summed E-state index contributed by atoms with van der Waals surface area (Å²) in [5.41, 5.74) is 1.01. The fraction of sp³-hybridized carbons (Fsp3) is 0.636. The van der Waals surface area contributed by atoms with Gasteiger partial charge in [0.25, 0.3) is 0 Å². The normalized spacial score (nSPS) is 25.8. The van der Waals surface area contributed by atoms with Crippen molar-refractivity contribution in [2.24, 2.45) is 0 Å². The van der Waals surface area contributed by atoms with Gasteiger partial charge in [0.1, 0.15) is 6.61 Å². The van der Waals surface area contributed by atoms with E-state index < -0.39 is 0 Å². The number of carbonyl (C=O) groups is 2. The highest BCUT2D eigenvalue weighted by molar-refractivity contribution is 5.73. The van der Waals surface area contributed by atoms with Crippen LogP contribution >= 0.6 is 0 Å². The van der Waals surface area contributed by atoms with Crippen molar-refractivity contribution in [1.29, 1.82) is 0 Å². The summed E-state index contributed by atoms with van der Waals surface area (Å²) in [5.74, 6) is 0.144. The molecule has 1 aromatic carbocycles. The Morgan fingerprint density at radius 3 is 2.46 bits per heavy atom. The molecule has 2 aliphatic rings. The first-order valence-corrected chi connectivity index (χ1v) is 10.5. The Morgan fingerprint density at radius 1 is 1.11 bits per heavy atom. The monoisotopic (exact) mass is 387 g/mol. The van der Waals surface area contributed by atoms with Crippen LogP contribution in [0.25, 0.3) is 0 Å². The maximum Gasteiger partial charge on any atom is 0.410 e. The molecule has 0 bridgehead atoms. The summed E-state index contributed by atoms with van der Waals surface area (Å²) in [4.78, 5) is 30.9. The lowest BCUT2D eigenvalue weighted by molar-refractivity contribution is -0.133. The van der Waals surface area contributed by atoms with Gasteiger partial charge in [-0.3, -0.25) is 9.69 Å². The van der Waals surface area contributed by atoms with Gasteiger partial charge in [-0.25, -0.2) is 4.79 Å². The van der Waals surface area contributed by atoms with E-state index >= 15 is 0 Å². The topological polar surface area (TPSA) is 53.1 Å². The van der Waals surface area contributed by atoms with E-state index in [2.05, 4.69) is 18.7 Å². The number of rotatable bonds is 5. The summed E-state index contributed by atoms with van der Waals surface area (Å²) in [5, 5.41) is 0. The van der Waals surface area contributed by atoms with E-state index in [-0.39, 0.29) is 30.1 Å². The minimum Gasteiger partial charge on any atom is -0.445 e. The highest BCUT2D eigenvalue weighted by Gasteiger charge is 2.38. The lowest BCUT2D eigenvalue weighted by atomic mass is 10.1. The third kappa shape index (κ3) is 4.85. The Kier molecular flexibility index (Phi) is 6.94. The summed E-state index contributed by atoms with van der Waals surface area (Å²) < 4.78 is 5.65. The van der Waals surface area contributed by atoms with Crippen LogP contribution in [0.3, 0.4) is 0 Å². The zero-order valence-corrected chi connectivity index (χ0v) is 17.3. The van der Waals surface area contributed by atoms with Crippen molar-refractivity contribution in [3.63, 3.8) is 0 Å². The SMILES string of the molecule is CCC1CC[C@@H](CN2CCN(C(C)=O)[C@H](C)C2)N1C(=O)OCc1ccccc1. The van der Waals surface area contributed by atoms with Gasteiger partial charge < -0.3 is 14.5 Å². The smallest absolute Gasteiger partial charge is 0.410 e. The number of piperazine rings is 1. The molecule has 0 aliphatic carbocycles. The molecule has 6 nitrogen and oxygen atoms in total. The predicted molar refractivity (Wildman–Crippen MR) is 109 cm³/mol. The number of hydrogen-bond acceptors (Lipinski definition) is 4. The molecule has 1 unspecified atom stereocenters. The Balaban J connectivity index is 1.58. The number of likely N-dealkylation sites (tertiary alicyclic amines) is 1. The van der Waals surface area contributed by atoms with E-state index in [1.165, 1.54) is 0 Å². The number of carbonyl (C=O) groups excluding carboxylic acids is 2. The maximum atomic E-state index is 12.9. The van der Waals surface area contributed by atoms with Gasteiger partial charge in [0.05, 0.1) is 0 Å². The van der Waals surface area contributed by atoms with Gasteiger partial charge in [0, 0.05) is 51.2 Å². The molecule has 2 saturated heterocycles. The van der Waals surface area contributed by atoms with Crippen molar-refractivity contribution < 1.29 is 14.3 Å². The molecule has 2 heterocycles. The van der Waals surface area contributed by atoms with E-state index in [1.54, 1.807) is 6.92 Å². The van der Waals surface area contributed by atoms with Gasteiger partial charge in [0.15, 0.2) is 0 Å². The van der Waals surface area contributed by atoms with Crippen LogP contribution in [0.5, 0.6) is 0 Å². The molecule has 0 saturated carbocycles. The van der Waals surface area contributed by atoms with Crippen LogP contribution in [0.4, 0.5) is 4.79 Å². The minimum absolute atomic E-state index is 0.144. The van der Waals surface area contributed by atoms with Crippen LogP contribution in [0.2, 0.25) is 0 Å². The molecule has 154 valence electrons. The zero-order chi connectivity index (χ0) is 20.1. The first-order valence-electron chi connectivity index (χ1n) is 10.5. The second kappa shape index (κ2) is 9.41. The number of hydrogen-bond donors (Lipinski definition) is 0. The molecule has 0 N–H and O–H groups in total. The molecular weight excluding hydrogens is 354 g/mol. The molecular formula is C22H33N3O3. The quantitative estimate of drug-likeness (QED) is 0.779. The van der Waals surface area contributed by atoms with E-state index in [0.29, 0.717) is 6.61 Å². The van der Waals surface area contributed by atoms with Crippen LogP contribution in [-0.2, 0) is 16.1 Å². The number of nitrogens with zero attached hydrogens (tertiary/aromatic N) is 3. The second-order valence-electron chi connectivity index (χ2n) is 8.06. The number of amides is 2. The van der Waals surface area contributed by atoms with E-state index in [9.17, 15) is 9.59 Å². The van der Waals surface area contributed by atoms with Crippen LogP contribution in [-0.4, -0.2) is 71.0 Å². The third-order valence-corrected chi connectivity index (χ3v) is 6.09. The maximum absolute atomic E-state index is 12.9. The minimum atomic E-state index is -0.200. The lowest BCUT2D eigenvalue weighted by Crippen LogP contribution is -2.56. The van der Waals surface area contributed by atoms with Crippen molar-refractivity contribution in [3.05, 3.63) is 35.9 Å². The van der Waals surface area contributed by atoms with Gasteiger partial charge in [-0.15, -0.1) is 0 Å². The Labute approximate surface area is 168 Å². The van der Waals surface area contributed by atoms with Crippen molar-refractivity contribution in [2.75, 3.05) is 26.2 Å². The highest BCUT2D eigenvalue weighted by Crippen LogP contribution is 2.28. The van der Waals surface area contributed by atoms with Crippen molar-refractivity contribution >= 4 is 12.0 Å². The van der Waals surface area contributed by atoms with Crippen LogP contribution < -0.4 is 0 Å². The summed E-state index contributed by atoms with van der Waals surface area (Å²) >= 11 is 0. The fourth-order valence-corrected chi connectivity index (χ4v) is 4.60. The molecule has 0 spiro atoms. The largest absolute Gasteiger partial charge is 0.445 e. The summed E-state index contributed by atoms with van der Waals surface area (Å²) in [6, 6.07) is 10.5. The second-order valence-corrected chi connectivity index (χ2v) is 8.06. The van der Waals surface area contributed by atoms with Gasteiger partial charge in [-0.05, 0) is 31.7 Å². The molecule has 2 aliphatic heterocycles. The predicted octanol–water partition coefficient (Wildman–Crippen LogP) is 3.12. The molecule has 0 radical (unpaired) electrons. The summed E-state index contributed by atoms with van der Waals surface area (Å²) in [7, 11) is 0. The van der Waals surface area contributed by atoms with Crippen LogP contribution in [0.15, 0.2) is 30.3 Å². The Hall–Kier alpha value is -2.08. The van der Waals surface area contributed by atoms with E-state index in [0.717, 1.165) is 51.0 Å². The Morgan fingerprint density at radius 2 is 1.82 bits per heavy atom. The van der Waals surface area contributed by atoms with Gasteiger partial charge in [0.2, 0.25) is 5.91 Å². The van der Waals surface area contributed by atoms with Crippen LogP contribution in [0, 0.1) is 0 Å². The average Bonchev–Trinajstić information content (AvgIpc) is 3.09. The molecule has 2 fully saturated rings. The van der Waals surface area contributed by atoms with Gasteiger partial charge >= 0.3 is 6.09 Å². The van der Waals surface area contributed by atoms with Crippen molar-refractivity contribution in [1.82, 2.24) is 14.7 Å². The van der Waals surface area contributed by atoms with E-state index in [1.807, 2.05) is 40.1 Å². The highest BCUT2D eigenvalue weighted by atomic mass is 16.6. The number of benzene rings is 1. The standard InChI is InChI=1S/C22H33N3O3/c1-4-20-10-11-21(15-23-12-13-24(18(3)26)17(2)14-23)25(20)22(27)28-16-19-8-6-5-7-9-19/h5-9,17,20-21H,4,10-16H2,1-3H3/t17-,20?,21+/m1/s1. The fourth-order valence-electron chi connectivity index (χ4n) is 4.60. The number of ether oxygens (including phenoxy) is 1. The molecule has 6 heteroatoms. The summed E-state index contributed by atoms with van der Waals surface area (Å²) in [6.45, 7) is 9.53. The molecule has 1 aromatic rings. The molecule has 3 rings (SSSR count). The first-order chi connectivity index (χ1) is 13.5. The van der Waals surface area contributed by atoms with Crippen molar-refractivity contribution in [3.8, 4) is 0 Å². The molecule has 28 heavy (non-hydrogen) atoms. The summed E-state index contributed by atoms with van der Waals surface area (Å²) in [6.07, 6.45) is 2.80. The third-order valence-electron chi connectivity index (χ3n) is 6.09. The average molecular weight is 388 g/mol. The van der Waals surface area contributed by atoms with Gasteiger partial charge in [-0.2, -0.15) is 0 Å². The molecule has 0 aromatic heterocycles.